The Bertz CT molecular complexity index is 1120. The molecule has 3 heterocycles. The smallest absolute Gasteiger partial charge is 0.226 e. The Morgan fingerprint density at radius 2 is 2.00 bits per heavy atom. The minimum absolute atomic E-state index is 0.0577. The monoisotopic (exact) mass is 394 g/mol. The highest BCUT2D eigenvalue weighted by Gasteiger charge is 2.25. The Hall–Kier alpha value is -3.00. The number of aromatic nitrogens is 4. The summed E-state index contributed by atoms with van der Waals surface area (Å²) >= 11 is 1.56. The van der Waals surface area contributed by atoms with Crippen molar-refractivity contribution in [1.29, 1.82) is 0 Å². The SMILES string of the molecule is C[C@H](Nc1nc(Nc2cc(C3CC3)[nH]n2)c2ccsc2n1)c1ccc(F)cc1. The highest BCUT2D eigenvalue weighted by Crippen LogP contribution is 2.40. The van der Waals surface area contributed by atoms with E-state index in [1.807, 2.05) is 24.4 Å². The molecular weight excluding hydrogens is 375 g/mol. The molecule has 0 aliphatic heterocycles. The number of thiophene rings is 1. The lowest BCUT2D eigenvalue weighted by Crippen LogP contribution is -2.10. The van der Waals surface area contributed by atoms with Gasteiger partial charge >= 0.3 is 0 Å². The maximum Gasteiger partial charge on any atom is 0.226 e. The highest BCUT2D eigenvalue weighted by atomic mass is 32.1. The van der Waals surface area contributed by atoms with Gasteiger partial charge in [0.1, 0.15) is 16.5 Å². The fraction of sp³-hybridized carbons (Fsp3) is 0.250. The first-order valence-electron chi connectivity index (χ1n) is 9.25. The second-order valence-corrected chi connectivity index (χ2v) is 7.96. The summed E-state index contributed by atoms with van der Waals surface area (Å²) in [5.41, 5.74) is 2.13. The molecule has 0 unspecified atom stereocenters. The van der Waals surface area contributed by atoms with E-state index in [0.717, 1.165) is 21.6 Å². The summed E-state index contributed by atoms with van der Waals surface area (Å²) in [6, 6.07) is 10.4. The number of hydrogen-bond donors (Lipinski definition) is 3. The van der Waals surface area contributed by atoms with Crippen LogP contribution in [0, 0.1) is 5.82 Å². The molecule has 8 heteroatoms. The number of nitrogens with one attached hydrogen (secondary N) is 3. The maximum atomic E-state index is 13.2. The average Bonchev–Trinajstić information content (AvgIpc) is 3.24. The standard InChI is InChI=1S/C20H19FN6S/c1-11(12-4-6-14(21)7-5-12)22-20-24-18(15-8-9-28-19(15)25-20)23-17-10-16(26-27-17)13-2-3-13/h4-11,13H,2-3H2,1H3,(H3,22,23,24,25,26,27)/t11-/m0/s1. The molecule has 0 saturated heterocycles. The first kappa shape index (κ1) is 17.1. The predicted octanol–water partition coefficient (Wildman–Crippen LogP) is 5.35. The van der Waals surface area contributed by atoms with Crippen molar-refractivity contribution in [3.05, 3.63) is 58.9 Å². The van der Waals surface area contributed by atoms with Gasteiger partial charge in [-0.1, -0.05) is 12.1 Å². The fourth-order valence-corrected chi connectivity index (χ4v) is 3.93. The number of fused-ring (bicyclic) bond motifs is 1. The molecule has 0 spiro atoms. The summed E-state index contributed by atoms with van der Waals surface area (Å²) in [7, 11) is 0. The van der Waals surface area contributed by atoms with Crippen LogP contribution in [-0.4, -0.2) is 20.2 Å². The van der Waals surface area contributed by atoms with Gasteiger partial charge in [-0.15, -0.1) is 11.3 Å². The maximum absolute atomic E-state index is 13.2. The zero-order chi connectivity index (χ0) is 19.1. The first-order chi connectivity index (χ1) is 13.7. The molecule has 0 amide bonds. The van der Waals surface area contributed by atoms with Crippen molar-refractivity contribution < 1.29 is 4.39 Å². The third-order valence-corrected chi connectivity index (χ3v) is 5.71. The van der Waals surface area contributed by atoms with Gasteiger partial charge in [0, 0.05) is 17.7 Å². The van der Waals surface area contributed by atoms with Crippen molar-refractivity contribution in [3.8, 4) is 0 Å². The molecule has 28 heavy (non-hydrogen) atoms. The number of rotatable bonds is 6. The number of anilines is 3. The van der Waals surface area contributed by atoms with Crippen LogP contribution in [0.15, 0.2) is 41.8 Å². The van der Waals surface area contributed by atoms with Crippen LogP contribution in [0.2, 0.25) is 0 Å². The molecule has 0 bridgehead atoms. The summed E-state index contributed by atoms with van der Waals surface area (Å²) in [6.45, 7) is 2.00. The van der Waals surface area contributed by atoms with E-state index in [2.05, 4.69) is 30.8 Å². The second kappa shape index (κ2) is 6.87. The molecule has 3 N–H and O–H groups in total. The molecule has 1 saturated carbocycles. The molecule has 1 aliphatic carbocycles. The molecule has 6 nitrogen and oxygen atoms in total. The fourth-order valence-electron chi connectivity index (χ4n) is 3.17. The third kappa shape index (κ3) is 3.43. The summed E-state index contributed by atoms with van der Waals surface area (Å²) in [5.74, 6) is 2.36. The van der Waals surface area contributed by atoms with Crippen LogP contribution in [0.4, 0.5) is 22.0 Å². The van der Waals surface area contributed by atoms with Crippen LogP contribution in [-0.2, 0) is 0 Å². The zero-order valence-electron chi connectivity index (χ0n) is 15.2. The predicted molar refractivity (Wildman–Crippen MR) is 110 cm³/mol. The minimum Gasteiger partial charge on any atom is -0.348 e. The third-order valence-electron chi connectivity index (χ3n) is 4.90. The normalized spacial score (nSPS) is 14.9. The van der Waals surface area contributed by atoms with Crippen LogP contribution in [0.1, 0.15) is 43.0 Å². The van der Waals surface area contributed by atoms with E-state index in [0.29, 0.717) is 17.7 Å². The highest BCUT2D eigenvalue weighted by molar-refractivity contribution is 7.16. The Morgan fingerprint density at radius 3 is 2.79 bits per heavy atom. The van der Waals surface area contributed by atoms with E-state index >= 15 is 0 Å². The summed E-state index contributed by atoms with van der Waals surface area (Å²) in [5, 5.41) is 17.1. The number of hydrogen-bond acceptors (Lipinski definition) is 6. The van der Waals surface area contributed by atoms with E-state index in [9.17, 15) is 4.39 Å². The van der Waals surface area contributed by atoms with Crippen molar-refractivity contribution in [2.24, 2.45) is 0 Å². The van der Waals surface area contributed by atoms with Crippen molar-refractivity contribution in [2.75, 3.05) is 10.6 Å². The molecule has 142 valence electrons. The van der Waals surface area contributed by atoms with E-state index in [4.69, 9.17) is 0 Å². The topological polar surface area (TPSA) is 78.5 Å². The Balaban J connectivity index is 1.42. The van der Waals surface area contributed by atoms with Gasteiger partial charge in [-0.2, -0.15) is 10.1 Å². The zero-order valence-corrected chi connectivity index (χ0v) is 16.1. The number of H-pyrrole nitrogens is 1. The van der Waals surface area contributed by atoms with E-state index in [-0.39, 0.29) is 11.9 Å². The largest absolute Gasteiger partial charge is 0.348 e. The van der Waals surface area contributed by atoms with Gasteiger partial charge in [-0.25, -0.2) is 9.37 Å². The molecular formula is C20H19FN6S. The number of benzene rings is 1. The van der Waals surface area contributed by atoms with Crippen LogP contribution >= 0.6 is 11.3 Å². The van der Waals surface area contributed by atoms with Gasteiger partial charge in [-0.3, -0.25) is 5.10 Å². The molecule has 1 aromatic carbocycles. The second-order valence-electron chi connectivity index (χ2n) is 7.06. The first-order valence-corrected chi connectivity index (χ1v) is 10.1. The van der Waals surface area contributed by atoms with E-state index < -0.39 is 0 Å². The minimum atomic E-state index is -0.247. The van der Waals surface area contributed by atoms with Crippen LogP contribution in [0.5, 0.6) is 0 Å². The van der Waals surface area contributed by atoms with Gasteiger partial charge in [0.15, 0.2) is 5.82 Å². The Labute approximate surface area is 165 Å². The van der Waals surface area contributed by atoms with Crippen LogP contribution in [0.25, 0.3) is 10.2 Å². The summed E-state index contributed by atoms with van der Waals surface area (Å²) in [4.78, 5) is 10.2. The van der Waals surface area contributed by atoms with Crippen molar-refractivity contribution in [3.63, 3.8) is 0 Å². The summed E-state index contributed by atoms with van der Waals surface area (Å²) in [6.07, 6.45) is 2.44. The number of nitrogens with zero attached hydrogens (tertiary/aromatic N) is 3. The van der Waals surface area contributed by atoms with Gasteiger partial charge in [0.05, 0.1) is 11.4 Å². The van der Waals surface area contributed by atoms with E-state index in [1.54, 1.807) is 23.5 Å². The van der Waals surface area contributed by atoms with Crippen molar-refractivity contribution >= 4 is 39.1 Å². The molecule has 1 aliphatic rings. The summed E-state index contributed by atoms with van der Waals surface area (Å²) < 4.78 is 13.2. The number of aromatic amines is 1. The molecule has 0 radical (unpaired) electrons. The quantitative estimate of drug-likeness (QED) is 0.411. The van der Waals surface area contributed by atoms with Crippen LogP contribution < -0.4 is 10.6 Å². The lowest BCUT2D eigenvalue weighted by atomic mass is 10.1. The average molecular weight is 394 g/mol. The van der Waals surface area contributed by atoms with Crippen molar-refractivity contribution in [1.82, 2.24) is 20.2 Å². The lowest BCUT2D eigenvalue weighted by Gasteiger charge is -2.15. The van der Waals surface area contributed by atoms with E-state index in [1.165, 1.54) is 30.7 Å². The van der Waals surface area contributed by atoms with Gasteiger partial charge in [0.2, 0.25) is 5.95 Å². The Morgan fingerprint density at radius 1 is 1.18 bits per heavy atom. The number of halogens is 1. The van der Waals surface area contributed by atoms with Gasteiger partial charge in [-0.05, 0) is 48.9 Å². The van der Waals surface area contributed by atoms with Gasteiger partial charge < -0.3 is 10.6 Å². The van der Waals surface area contributed by atoms with Crippen molar-refractivity contribution in [2.45, 2.75) is 31.7 Å². The molecule has 1 fully saturated rings. The molecule has 4 aromatic rings. The van der Waals surface area contributed by atoms with Gasteiger partial charge in [0.25, 0.3) is 0 Å². The molecule has 5 rings (SSSR count). The lowest BCUT2D eigenvalue weighted by molar-refractivity contribution is 0.626. The van der Waals surface area contributed by atoms with Crippen LogP contribution in [0.3, 0.4) is 0 Å². The Kier molecular flexibility index (Phi) is 4.20. The molecule has 1 atom stereocenters. The molecule has 3 aromatic heterocycles.